The molecule has 0 spiro atoms. The van der Waals surface area contributed by atoms with Gasteiger partial charge in [0.1, 0.15) is 0 Å². The highest BCUT2D eigenvalue weighted by Gasteiger charge is 2.22. The fourth-order valence-electron chi connectivity index (χ4n) is 2.22. The Balaban J connectivity index is 1.75. The van der Waals surface area contributed by atoms with Gasteiger partial charge >= 0.3 is 0 Å². The Kier molecular flexibility index (Phi) is 3.59. The number of likely N-dealkylation sites (N-methyl/N-ethyl adjacent to an activating group) is 1. The van der Waals surface area contributed by atoms with Gasteiger partial charge in [-0.1, -0.05) is 0 Å². The van der Waals surface area contributed by atoms with Crippen LogP contribution in [-0.4, -0.2) is 62.1 Å². The Morgan fingerprint density at radius 1 is 1.33 bits per heavy atom. The molecule has 2 saturated heterocycles. The van der Waals surface area contributed by atoms with Gasteiger partial charge in [0.15, 0.2) is 0 Å². The Morgan fingerprint density at radius 2 is 2.07 bits per heavy atom. The number of ether oxygens (including phenoxy) is 1. The summed E-state index contributed by atoms with van der Waals surface area (Å²) in [5.41, 5.74) is 0. The lowest BCUT2D eigenvalue weighted by molar-refractivity contribution is 0.184. The van der Waals surface area contributed by atoms with Gasteiger partial charge in [0.25, 0.3) is 0 Å². The summed E-state index contributed by atoms with van der Waals surface area (Å²) in [6.45, 7) is 5.95. The lowest BCUT2D eigenvalue weighted by atomic mass is 10.0. The summed E-state index contributed by atoms with van der Waals surface area (Å²) in [5.74, 6) is 1.41. The van der Waals surface area contributed by atoms with Crippen molar-refractivity contribution in [1.29, 1.82) is 5.41 Å². The smallest absolute Gasteiger partial charge is 0.0962 e. The molecule has 0 radical (unpaired) electrons. The van der Waals surface area contributed by atoms with Crippen LogP contribution >= 0.6 is 0 Å². The van der Waals surface area contributed by atoms with Crippen LogP contribution in [0.25, 0.3) is 0 Å². The van der Waals surface area contributed by atoms with Crippen LogP contribution in [0, 0.1) is 11.3 Å². The van der Waals surface area contributed by atoms with E-state index in [2.05, 4.69) is 16.8 Å². The second kappa shape index (κ2) is 4.94. The zero-order valence-electron chi connectivity index (χ0n) is 9.54. The number of amidine groups is 1. The highest BCUT2D eigenvalue weighted by atomic mass is 16.5. The quantitative estimate of drug-likeness (QED) is 0.538. The first-order chi connectivity index (χ1) is 7.25. The van der Waals surface area contributed by atoms with Crippen LogP contribution < -0.4 is 0 Å². The lowest BCUT2D eigenvalue weighted by Crippen LogP contribution is -2.47. The molecule has 0 aliphatic carbocycles. The summed E-state index contributed by atoms with van der Waals surface area (Å²) in [7, 11) is 2.14. The fourth-order valence-corrected chi connectivity index (χ4v) is 2.22. The minimum absolute atomic E-state index is 0.595. The first-order valence-electron chi connectivity index (χ1n) is 5.84. The predicted octanol–water partition coefficient (Wildman–Crippen LogP) is 0.638. The van der Waals surface area contributed by atoms with E-state index in [1.165, 1.54) is 0 Å². The third-order valence-electron chi connectivity index (χ3n) is 3.39. The topological polar surface area (TPSA) is 39.6 Å². The molecule has 0 amide bonds. The molecule has 0 aromatic heterocycles. The van der Waals surface area contributed by atoms with Crippen molar-refractivity contribution in [3.63, 3.8) is 0 Å². The first-order valence-corrected chi connectivity index (χ1v) is 5.84. The van der Waals surface area contributed by atoms with E-state index in [0.717, 1.165) is 58.1 Å². The second-order valence-corrected chi connectivity index (χ2v) is 4.67. The summed E-state index contributed by atoms with van der Waals surface area (Å²) in [4.78, 5) is 4.54. The van der Waals surface area contributed by atoms with Gasteiger partial charge in [0, 0.05) is 45.8 Å². The molecular weight excluding hydrogens is 190 g/mol. The van der Waals surface area contributed by atoms with E-state index in [1.807, 2.05) is 0 Å². The first kappa shape index (κ1) is 10.9. The Hall–Kier alpha value is -0.610. The average molecular weight is 211 g/mol. The molecule has 4 nitrogen and oxygen atoms in total. The van der Waals surface area contributed by atoms with Crippen LogP contribution in [0.5, 0.6) is 0 Å². The molecule has 0 saturated carbocycles. The van der Waals surface area contributed by atoms with Crippen molar-refractivity contribution in [3.8, 4) is 0 Å². The molecule has 0 aromatic carbocycles. The standard InChI is InChI=1S/C11H21N3O/c1-13-3-5-14(6-4-13)11(12)8-10-2-7-15-9-10/h10,12H,2-9H2,1H3. The van der Waals surface area contributed by atoms with Crippen molar-refractivity contribution in [2.45, 2.75) is 12.8 Å². The van der Waals surface area contributed by atoms with Crippen molar-refractivity contribution in [1.82, 2.24) is 9.80 Å². The van der Waals surface area contributed by atoms with E-state index in [4.69, 9.17) is 10.1 Å². The number of piperazine rings is 1. The van der Waals surface area contributed by atoms with E-state index in [-0.39, 0.29) is 0 Å². The Bertz CT molecular complexity index is 218. The summed E-state index contributed by atoms with van der Waals surface area (Å²) < 4.78 is 5.34. The van der Waals surface area contributed by atoms with Gasteiger partial charge in [-0.15, -0.1) is 0 Å². The minimum Gasteiger partial charge on any atom is -0.381 e. The number of hydrogen-bond donors (Lipinski definition) is 1. The number of rotatable bonds is 2. The van der Waals surface area contributed by atoms with E-state index >= 15 is 0 Å². The molecule has 2 fully saturated rings. The summed E-state index contributed by atoms with van der Waals surface area (Å²) in [6, 6.07) is 0. The lowest BCUT2D eigenvalue weighted by Gasteiger charge is -2.34. The van der Waals surface area contributed by atoms with Gasteiger partial charge in [0.2, 0.25) is 0 Å². The molecule has 86 valence electrons. The highest BCUT2D eigenvalue weighted by Crippen LogP contribution is 2.18. The number of nitrogens with zero attached hydrogens (tertiary/aromatic N) is 2. The molecule has 2 aliphatic heterocycles. The molecule has 1 N–H and O–H groups in total. The van der Waals surface area contributed by atoms with Gasteiger partial charge in [-0.3, -0.25) is 5.41 Å². The zero-order valence-corrected chi connectivity index (χ0v) is 9.54. The average Bonchev–Trinajstić information content (AvgIpc) is 2.71. The third-order valence-corrected chi connectivity index (χ3v) is 3.39. The van der Waals surface area contributed by atoms with Crippen LogP contribution in [0.4, 0.5) is 0 Å². The maximum Gasteiger partial charge on any atom is 0.0962 e. The summed E-state index contributed by atoms with van der Waals surface area (Å²) in [6.07, 6.45) is 2.04. The van der Waals surface area contributed by atoms with Gasteiger partial charge in [0.05, 0.1) is 5.84 Å². The molecule has 4 heteroatoms. The minimum atomic E-state index is 0.595. The van der Waals surface area contributed by atoms with Crippen LogP contribution in [0.1, 0.15) is 12.8 Å². The fraction of sp³-hybridized carbons (Fsp3) is 0.909. The molecule has 1 unspecified atom stereocenters. The molecule has 15 heavy (non-hydrogen) atoms. The predicted molar refractivity (Wildman–Crippen MR) is 60.3 cm³/mol. The Labute approximate surface area is 91.7 Å². The largest absolute Gasteiger partial charge is 0.381 e. The van der Waals surface area contributed by atoms with Crippen molar-refractivity contribution >= 4 is 5.84 Å². The molecule has 2 heterocycles. The number of hydrogen-bond acceptors (Lipinski definition) is 3. The van der Waals surface area contributed by atoms with E-state index < -0.39 is 0 Å². The van der Waals surface area contributed by atoms with Gasteiger partial charge in [-0.25, -0.2) is 0 Å². The molecule has 2 aliphatic rings. The van der Waals surface area contributed by atoms with Gasteiger partial charge in [-0.05, 0) is 19.4 Å². The summed E-state index contributed by atoms with van der Waals surface area (Å²) >= 11 is 0. The molecular formula is C11H21N3O. The maximum absolute atomic E-state index is 8.07. The molecule has 0 aromatic rings. The van der Waals surface area contributed by atoms with E-state index in [0.29, 0.717) is 5.92 Å². The van der Waals surface area contributed by atoms with Gasteiger partial charge < -0.3 is 14.5 Å². The van der Waals surface area contributed by atoms with Crippen LogP contribution in [0.15, 0.2) is 0 Å². The highest BCUT2D eigenvalue weighted by molar-refractivity contribution is 5.79. The molecule has 0 bridgehead atoms. The molecule has 1 atom stereocenters. The maximum atomic E-state index is 8.07. The Morgan fingerprint density at radius 3 is 2.67 bits per heavy atom. The second-order valence-electron chi connectivity index (χ2n) is 4.67. The van der Waals surface area contributed by atoms with Crippen molar-refractivity contribution < 1.29 is 4.74 Å². The van der Waals surface area contributed by atoms with Crippen LogP contribution in [-0.2, 0) is 4.74 Å². The zero-order chi connectivity index (χ0) is 10.7. The SMILES string of the molecule is CN1CCN(C(=N)CC2CCOC2)CC1. The van der Waals surface area contributed by atoms with E-state index in [9.17, 15) is 0 Å². The van der Waals surface area contributed by atoms with Crippen molar-refractivity contribution in [2.75, 3.05) is 46.4 Å². The molecule has 2 rings (SSSR count). The van der Waals surface area contributed by atoms with Gasteiger partial charge in [-0.2, -0.15) is 0 Å². The summed E-state index contributed by atoms with van der Waals surface area (Å²) in [5, 5.41) is 8.07. The van der Waals surface area contributed by atoms with E-state index in [1.54, 1.807) is 0 Å². The van der Waals surface area contributed by atoms with Crippen molar-refractivity contribution in [2.24, 2.45) is 5.92 Å². The number of nitrogens with one attached hydrogen (secondary N) is 1. The normalized spacial score (nSPS) is 28.3. The third kappa shape index (κ3) is 2.92. The van der Waals surface area contributed by atoms with Crippen LogP contribution in [0.3, 0.4) is 0 Å². The van der Waals surface area contributed by atoms with Crippen molar-refractivity contribution in [3.05, 3.63) is 0 Å². The van der Waals surface area contributed by atoms with Crippen LogP contribution in [0.2, 0.25) is 0 Å². The monoisotopic (exact) mass is 211 g/mol.